The summed E-state index contributed by atoms with van der Waals surface area (Å²) in [6, 6.07) is 19.8. The van der Waals surface area contributed by atoms with E-state index in [1.807, 2.05) is 74.5 Å². The van der Waals surface area contributed by atoms with Gasteiger partial charge in [0.05, 0.1) is 12.8 Å². The van der Waals surface area contributed by atoms with Gasteiger partial charge in [-0.2, -0.15) is 5.10 Å². The largest absolute Gasteiger partial charge is 0.326 e. The molecule has 29 heavy (non-hydrogen) atoms. The lowest BCUT2D eigenvalue weighted by Gasteiger charge is -2.08. The van der Waals surface area contributed by atoms with Gasteiger partial charge in [0, 0.05) is 11.4 Å². The molecule has 0 atom stereocenters. The first-order valence-corrected chi connectivity index (χ1v) is 9.57. The minimum Gasteiger partial charge on any atom is -0.326 e. The molecule has 0 heterocycles. The molecule has 0 saturated heterocycles. The molecule has 0 aliphatic heterocycles. The number of amides is 2. The van der Waals surface area contributed by atoms with Crippen LogP contribution in [0.2, 0.25) is 0 Å². The molecular formula is C24H25N3O2. The summed E-state index contributed by atoms with van der Waals surface area (Å²) in [4.78, 5) is 24.5. The van der Waals surface area contributed by atoms with Crippen molar-refractivity contribution in [2.45, 2.75) is 33.6 Å². The van der Waals surface area contributed by atoms with Gasteiger partial charge in [-0.1, -0.05) is 48.5 Å². The van der Waals surface area contributed by atoms with Crippen LogP contribution in [0.3, 0.4) is 0 Å². The molecule has 3 aromatic carbocycles. The third kappa shape index (κ3) is 5.75. The second-order valence-corrected chi connectivity index (χ2v) is 7.30. The van der Waals surface area contributed by atoms with Gasteiger partial charge in [0.1, 0.15) is 0 Å². The predicted octanol–water partition coefficient (Wildman–Crippen LogP) is 4.52. The van der Waals surface area contributed by atoms with Gasteiger partial charge < -0.3 is 5.32 Å². The van der Waals surface area contributed by atoms with E-state index in [9.17, 15) is 9.59 Å². The number of nitrogens with one attached hydrogen (secondary N) is 2. The van der Waals surface area contributed by atoms with Gasteiger partial charge in [-0.3, -0.25) is 9.59 Å². The summed E-state index contributed by atoms with van der Waals surface area (Å²) < 4.78 is 0. The van der Waals surface area contributed by atoms with Crippen molar-refractivity contribution in [3.8, 4) is 0 Å². The Morgan fingerprint density at radius 2 is 1.59 bits per heavy atom. The lowest BCUT2D eigenvalue weighted by molar-refractivity contribution is -0.120. The topological polar surface area (TPSA) is 70.6 Å². The van der Waals surface area contributed by atoms with Gasteiger partial charge in [0.15, 0.2) is 0 Å². The summed E-state index contributed by atoms with van der Waals surface area (Å²) in [5.41, 5.74) is 6.98. The number of aryl methyl sites for hydroxylation is 2. The minimum absolute atomic E-state index is 0.113. The van der Waals surface area contributed by atoms with E-state index >= 15 is 0 Å². The SMILES string of the molecule is C/C(CC(=O)Nc1cc(C)cc(C)c1)=N/NC(=O)Cc1cccc2ccccc12. The van der Waals surface area contributed by atoms with Crippen LogP contribution < -0.4 is 10.7 Å². The van der Waals surface area contributed by atoms with Gasteiger partial charge in [0.2, 0.25) is 11.8 Å². The maximum absolute atomic E-state index is 12.3. The maximum Gasteiger partial charge on any atom is 0.244 e. The van der Waals surface area contributed by atoms with Crippen LogP contribution in [0.15, 0.2) is 65.8 Å². The number of hydrogen-bond acceptors (Lipinski definition) is 3. The maximum atomic E-state index is 12.3. The van der Waals surface area contributed by atoms with E-state index in [0.717, 1.165) is 33.2 Å². The summed E-state index contributed by atoms with van der Waals surface area (Å²) in [5.74, 6) is -0.380. The summed E-state index contributed by atoms with van der Waals surface area (Å²) in [6.07, 6.45) is 0.342. The average molecular weight is 387 g/mol. The zero-order valence-electron chi connectivity index (χ0n) is 17.0. The number of carbonyl (C=O) groups is 2. The molecule has 0 spiro atoms. The average Bonchev–Trinajstić information content (AvgIpc) is 2.66. The van der Waals surface area contributed by atoms with E-state index in [2.05, 4.69) is 15.8 Å². The molecular weight excluding hydrogens is 362 g/mol. The third-order valence-corrected chi connectivity index (χ3v) is 4.52. The molecule has 2 amide bonds. The number of fused-ring (bicyclic) bond motifs is 1. The summed E-state index contributed by atoms with van der Waals surface area (Å²) in [6.45, 7) is 5.70. The van der Waals surface area contributed by atoms with Crippen molar-refractivity contribution >= 4 is 34.0 Å². The lowest BCUT2D eigenvalue weighted by Crippen LogP contribution is -2.23. The molecule has 5 heteroatoms. The quantitative estimate of drug-likeness (QED) is 0.482. The smallest absolute Gasteiger partial charge is 0.244 e. The Kier molecular flexibility index (Phi) is 6.39. The molecule has 0 fully saturated rings. The molecule has 0 saturated carbocycles. The van der Waals surface area contributed by atoms with Crippen LogP contribution in [-0.4, -0.2) is 17.5 Å². The van der Waals surface area contributed by atoms with Gasteiger partial charge in [0.25, 0.3) is 0 Å². The van der Waals surface area contributed by atoms with E-state index in [1.54, 1.807) is 6.92 Å². The van der Waals surface area contributed by atoms with Crippen molar-refractivity contribution in [3.05, 3.63) is 77.4 Å². The first kappa shape index (κ1) is 20.3. The number of hydrogen-bond donors (Lipinski definition) is 2. The summed E-state index contributed by atoms with van der Waals surface area (Å²) in [5, 5.41) is 9.09. The molecule has 0 unspecified atom stereocenters. The summed E-state index contributed by atoms with van der Waals surface area (Å²) >= 11 is 0. The predicted molar refractivity (Wildman–Crippen MR) is 118 cm³/mol. The first-order chi connectivity index (χ1) is 13.9. The van der Waals surface area contributed by atoms with Crippen LogP contribution in [0, 0.1) is 13.8 Å². The fourth-order valence-electron chi connectivity index (χ4n) is 3.34. The standard InChI is InChI=1S/C24H25N3O2/c1-16-11-17(2)13-21(12-16)25-23(28)14-18(3)26-27-24(29)15-20-9-6-8-19-7-4-5-10-22(19)20/h4-13H,14-15H2,1-3H3,(H,25,28)(H,27,29)/b26-18-. The zero-order chi connectivity index (χ0) is 20.8. The van der Waals surface area contributed by atoms with Crippen LogP contribution >= 0.6 is 0 Å². The van der Waals surface area contributed by atoms with E-state index < -0.39 is 0 Å². The number of benzene rings is 3. The highest BCUT2D eigenvalue weighted by Gasteiger charge is 2.08. The van der Waals surface area contributed by atoms with Crippen molar-refractivity contribution in [2.75, 3.05) is 5.32 Å². The Balaban J connectivity index is 1.56. The zero-order valence-corrected chi connectivity index (χ0v) is 17.0. The molecule has 3 aromatic rings. The first-order valence-electron chi connectivity index (χ1n) is 9.57. The Morgan fingerprint density at radius 1 is 0.897 bits per heavy atom. The Morgan fingerprint density at radius 3 is 2.34 bits per heavy atom. The fourth-order valence-corrected chi connectivity index (χ4v) is 3.34. The van der Waals surface area contributed by atoms with E-state index in [1.165, 1.54) is 0 Å². The molecule has 2 N–H and O–H groups in total. The van der Waals surface area contributed by atoms with Gasteiger partial charge in [-0.25, -0.2) is 5.43 Å². The number of anilines is 1. The molecule has 0 radical (unpaired) electrons. The van der Waals surface area contributed by atoms with E-state index in [-0.39, 0.29) is 24.7 Å². The second-order valence-electron chi connectivity index (χ2n) is 7.30. The number of nitrogens with zero attached hydrogens (tertiary/aromatic N) is 1. The lowest BCUT2D eigenvalue weighted by atomic mass is 10.0. The Hall–Kier alpha value is -3.47. The van der Waals surface area contributed by atoms with Gasteiger partial charge in [-0.05, 0) is 60.4 Å². The highest BCUT2D eigenvalue weighted by atomic mass is 16.2. The van der Waals surface area contributed by atoms with Crippen LogP contribution in [0.5, 0.6) is 0 Å². The molecule has 0 aromatic heterocycles. The Labute approximate surface area is 170 Å². The van der Waals surface area contributed by atoms with Crippen molar-refractivity contribution in [1.82, 2.24) is 5.43 Å². The van der Waals surface area contributed by atoms with Gasteiger partial charge in [-0.15, -0.1) is 0 Å². The molecule has 148 valence electrons. The van der Waals surface area contributed by atoms with Crippen molar-refractivity contribution in [3.63, 3.8) is 0 Å². The molecule has 0 aliphatic rings. The molecule has 3 rings (SSSR count). The van der Waals surface area contributed by atoms with Crippen molar-refractivity contribution < 1.29 is 9.59 Å². The monoisotopic (exact) mass is 387 g/mol. The van der Waals surface area contributed by atoms with Crippen LogP contribution in [-0.2, 0) is 16.0 Å². The Bertz CT molecular complexity index is 1060. The van der Waals surface area contributed by atoms with Crippen LogP contribution in [0.25, 0.3) is 10.8 Å². The van der Waals surface area contributed by atoms with Crippen molar-refractivity contribution in [2.24, 2.45) is 5.10 Å². The molecule has 5 nitrogen and oxygen atoms in total. The van der Waals surface area contributed by atoms with Crippen LogP contribution in [0.4, 0.5) is 5.69 Å². The third-order valence-electron chi connectivity index (χ3n) is 4.52. The second kappa shape index (κ2) is 9.15. The highest BCUT2D eigenvalue weighted by Crippen LogP contribution is 2.19. The molecule has 0 aliphatic carbocycles. The number of rotatable bonds is 6. The van der Waals surface area contributed by atoms with Gasteiger partial charge >= 0.3 is 0 Å². The fraction of sp³-hybridized carbons (Fsp3) is 0.208. The number of hydrazone groups is 1. The summed E-state index contributed by atoms with van der Waals surface area (Å²) in [7, 11) is 0. The molecule has 0 bridgehead atoms. The van der Waals surface area contributed by atoms with E-state index in [0.29, 0.717) is 5.71 Å². The number of carbonyl (C=O) groups excluding carboxylic acids is 2. The highest BCUT2D eigenvalue weighted by molar-refractivity contribution is 6.05. The normalized spacial score (nSPS) is 11.3. The van der Waals surface area contributed by atoms with Crippen molar-refractivity contribution in [1.29, 1.82) is 0 Å². The minimum atomic E-state index is -0.213. The van der Waals surface area contributed by atoms with E-state index in [4.69, 9.17) is 0 Å². The van der Waals surface area contributed by atoms with Crippen LogP contribution in [0.1, 0.15) is 30.0 Å².